The van der Waals surface area contributed by atoms with E-state index in [-0.39, 0.29) is 11.9 Å². The maximum absolute atomic E-state index is 13.2. The van der Waals surface area contributed by atoms with Crippen LogP contribution in [0.3, 0.4) is 0 Å². The van der Waals surface area contributed by atoms with E-state index in [1.54, 1.807) is 12.1 Å². The van der Waals surface area contributed by atoms with E-state index >= 15 is 0 Å². The lowest BCUT2D eigenvalue weighted by Crippen LogP contribution is -2.33. The molecule has 0 amide bonds. The van der Waals surface area contributed by atoms with E-state index in [0.29, 0.717) is 12.1 Å². The first-order valence-electron chi connectivity index (χ1n) is 5.93. The smallest absolute Gasteiger partial charge is 0.127 e. The average molecular weight is 224 g/mol. The lowest BCUT2D eigenvalue weighted by atomic mass is 10.1. The number of hydrogen-bond acceptors (Lipinski definition) is 2. The molecule has 1 aromatic rings. The van der Waals surface area contributed by atoms with Gasteiger partial charge in [0.2, 0.25) is 0 Å². The number of nitrogens with one attached hydrogen (secondary N) is 1. The Balaban J connectivity index is 2.23. The average Bonchev–Trinajstić information content (AvgIpc) is 2.29. The molecule has 0 bridgehead atoms. The number of hydrogen-bond donors (Lipinski definition) is 2. The number of nitrogens with two attached hydrogens (primary N) is 1. The van der Waals surface area contributed by atoms with Crippen LogP contribution in [0.25, 0.3) is 0 Å². The molecule has 0 radical (unpaired) electrons. The normalized spacial score (nSPS) is 12.7. The van der Waals surface area contributed by atoms with Gasteiger partial charge in [0.25, 0.3) is 0 Å². The maximum atomic E-state index is 13.2. The van der Waals surface area contributed by atoms with Crippen LogP contribution in [0.1, 0.15) is 31.7 Å². The summed E-state index contributed by atoms with van der Waals surface area (Å²) in [6, 6.07) is 6.99. The first-order valence-corrected chi connectivity index (χ1v) is 5.93. The highest BCUT2D eigenvalue weighted by molar-refractivity contribution is 5.16. The van der Waals surface area contributed by atoms with E-state index in [9.17, 15) is 4.39 Å². The third-order valence-corrected chi connectivity index (χ3v) is 2.61. The number of unbranched alkanes of at least 4 members (excludes halogenated alkanes) is 1. The quantitative estimate of drug-likeness (QED) is 0.746. The van der Waals surface area contributed by atoms with Gasteiger partial charge in [0.1, 0.15) is 5.82 Å². The van der Waals surface area contributed by atoms with Crippen molar-refractivity contribution in [3.8, 4) is 0 Å². The van der Waals surface area contributed by atoms with E-state index in [2.05, 4.69) is 12.2 Å². The van der Waals surface area contributed by atoms with E-state index in [1.807, 2.05) is 6.07 Å². The molecule has 90 valence electrons. The van der Waals surface area contributed by atoms with Gasteiger partial charge in [0, 0.05) is 24.7 Å². The Hall–Kier alpha value is -0.930. The molecule has 1 unspecified atom stereocenters. The predicted octanol–water partition coefficient (Wildman–Crippen LogP) is 2.43. The van der Waals surface area contributed by atoms with Crippen molar-refractivity contribution in [2.24, 2.45) is 5.73 Å². The topological polar surface area (TPSA) is 38.0 Å². The SMILES string of the molecule is CCCCC(N)CNCc1ccccc1F. The van der Waals surface area contributed by atoms with Crippen molar-refractivity contribution in [2.75, 3.05) is 6.54 Å². The van der Waals surface area contributed by atoms with Gasteiger partial charge in [-0.3, -0.25) is 0 Å². The van der Waals surface area contributed by atoms with Gasteiger partial charge in [-0.25, -0.2) is 4.39 Å². The molecular formula is C13H21FN2. The summed E-state index contributed by atoms with van der Waals surface area (Å²) in [5, 5.41) is 3.19. The Labute approximate surface area is 97.0 Å². The second-order valence-corrected chi connectivity index (χ2v) is 4.12. The fourth-order valence-electron chi connectivity index (χ4n) is 1.60. The lowest BCUT2D eigenvalue weighted by molar-refractivity contribution is 0.515. The molecule has 16 heavy (non-hydrogen) atoms. The van der Waals surface area contributed by atoms with Gasteiger partial charge >= 0.3 is 0 Å². The van der Waals surface area contributed by atoms with Crippen LogP contribution < -0.4 is 11.1 Å². The molecule has 1 aromatic carbocycles. The van der Waals surface area contributed by atoms with Crippen LogP contribution in [-0.2, 0) is 6.54 Å². The van der Waals surface area contributed by atoms with Gasteiger partial charge in [0.15, 0.2) is 0 Å². The Morgan fingerprint density at radius 1 is 1.38 bits per heavy atom. The van der Waals surface area contributed by atoms with Gasteiger partial charge in [-0.05, 0) is 12.5 Å². The van der Waals surface area contributed by atoms with Crippen molar-refractivity contribution >= 4 is 0 Å². The summed E-state index contributed by atoms with van der Waals surface area (Å²) in [4.78, 5) is 0. The van der Waals surface area contributed by atoms with Crippen molar-refractivity contribution in [2.45, 2.75) is 38.8 Å². The van der Waals surface area contributed by atoms with Crippen LogP contribution in [0.2, 0.25) is 0 Å². The Morgan fingerprint density at radius 2 is 2.12 bits per heavy atom. The molecule has 0 aliphatic carbocycles. The van der Waals surface area contributed by atoms with Crippen LogP contribution in [-0.4, -0.2) is 12.6 Å². The fraction of sp³-hybridized carbons (Fsp3) is 0.538. The number of benzene rings is 1. The fourth-order valence-corrected chi connectivity index (χ4v) is 1.60. The molecule has 0 saturated carbocycles. The number of halogens is 1. The molecule has 0 heterocycles. The minimum atomic E-state index is -0.155. The molecule has 0 aliphatic heterocycles. The largest absolute Gasteiger partial charge is 0.327 e. The molecule has 3 N–H and O–H groups in total. The van der Waals surface area contributed by atoms with Crippen molar-refractivity contribution < 1.29 is 4.39 Å². The number of rotatable bonds is 7. The maximum Gasteiger partial charge on any atom is 0.127 e. The molecule has 1 rings (SSSR count). The van der Waals surface area contributed by atoms with Crippen molar-refractivity contribution in [1.29, 1.82) is 0 Å². The summed E-state index contributed by atoms with van der Waals surface area (Å²) < 4.78 is 13.2. The van der Waals surface area contributed by atoms with Crippen molar-refractivity contribution in [1.82, 2.24) is 5.32 Å². The zero-order valence-corrected chi connectivity index (χ0v) is 9.88. The summed E-state index contributed by atoms with van der Waals surface area (Å²) in [5.41, 5.74) is 6.60. The second-order valence-electron chi connectivity index (χ2n) is 4.12. The van der Waals surface area contributed by atoms with Gasteiger partial charge in [-0.2, -0.15) is 0 Å². The molecule has 0 aromatic heterocycles. The van der Waals surface area contributed by atoms with E-state index in [1.165, 1.54) is 12.5 Å². The predicted molar refractivity (Wildman–Crippen MR) is 65.6 cm³/mol. The Morgan fingerprint density at radius 3 is 2.81 bits per heavy atom. The van der Waals surface area contributed by atoms with Crippen LogP contribution in [0.4, 0.5) is 4.39 Å². The minimum absolute atomic E-state index is 0.155. The van der Waals surface area contributed by atoms with Crippen LogP contribution in [0.5, 0.6) is 0 Å². The molecule has 0 aliphatic rings. The first-order chi connectivity index (χ1) is 7.74. The van der Waals surface area contributed by atoms with E-state index < -0.39 is 0 Å². The summed E-state index contributed by atoms with van der Waals surface area (Å²) in [6.07, 6.45) is 3.35. The standard InChI is InChI=1S/C13H21FN2/c1-2-3-7-12(15)10-16-9-11-6-4-5-8-13(11)14/h4-6,8,12,16H,2-3,7,9-10,15H2,1H3. The van der Waals surface area contributed by atoms with Crippen molar-refractivity contribution in [3.63, 3.8) is 0 Å². The van der Waals surface area contributed by atoms with Gasteiger partial charge in [-0.15, -0.1) is 0 Å². The molecule has 0 saturated heterocycles. The Kier molecular flexibility index (Phi) is 6.04. The minimum Gasteiger partial charge on any atom is -0.327 e. The van der Waals surface area contributed by atoms with Crippen LogP contribution in [0.15, 0.2) is 24.3 Å². The third kappa shape index (κ3) is 4.73. The molecule has 0 fully saturated rings. The molecular weight excluding hydrogens is 203 g/mol. The molecule has 2 nitrogen and oxygen atoms in total. The highest BCUT2D eigenvalue weighted by atomic mass is 19.1. The van der Waals surface area contributed by atoms with E-state index in [4.69, 9.17) is 5.73 Å². The third-order valence-electron chi connectivity index (χ3n) is 2.61. The zero-order chi connectivity index (χ0) is 11.8. The van der Waals surface area contributed by atoms with Crippen molar-refractivity contribution in [3.05, 3.63) is 35.6 Å². The van der Waals surface area contributed by atoms with Gasteiger partial charge < -0.3 is 11.1 Å². The highest BCUT2D eigenvalue weighted by Gasteiger charge is 2.03. The van der Waals surface area contributed by atoms with Crippen LogP contribution in [0, 0.1) is 5.82 Å². The highest BCUT2D eigenvalue weighted by Crippen LogP contribution is 2.05. The van der Waals surface area contributed by atoms with E-state index in [0.717, 1.165) is 19.4 Å². The lowest BCUT2D eigenvalue weighted by Gasteiger charge is -2.12. The Bertz CT molecular complexity index is 302. The zero-order valence-electron chi connectivity index (χ0n) is 9.88. The van der Waals surface area contributed by atoms with Gasteiger partial charge in [0.05, 0.1) is 0 Å². The summed E-state index contributed by atoms with van der Waals surface area (Å²) in [5.74, 6) is -0.155. The molecule has 3 heteroatoms. The summed E-state index contributed by atoms with van der Waals surface area (Å²) in [6.45, 7) is 3.44. The summed E-state index contributed by atoms with van der Waals surface area (Å²) >= 11 is 0. The molecule has 1 atom stereocenters. The molecule has 0 spiro atoms. The summed E-state index contributed by atoms with van der Waals surface area (Å²) in [7, 11) is 0. The van der Waals surface area contributed by atoms with Crippen LogP contribution >= 0.6 is 0 Å². The monoisotopic (exact) mass is 224 g/mol. The second kappa shape index (κ2) is 7.36. The first kappa shape index (κ1) is 13.1. The van der Waals surface area contributed by atoms with Gasteiger partial charge in [-0.1, -0.05) is 38.0 Å².